The van der Waals surface area contributed by atoms with E-state index in [1.807, 2.05) is 0 Å². The van der Waals surface area contributed by atoms with Crippen molar-refractivity contribution in [2.24, 2.45) is 5.73 Å². The van der Waals surface area contributed by atoms with E-state index in [0.717, 1.165) is 11.0 Å². The van der Waals surface area contributed by atoms with Crippen LogP contribution in [0.15, 0.2) is 36.5 Å². The first-order valence-corrected chi connectivity index (χ1v) is 6.73. The van der Waals surface area contributed by atoms with Crippen molar-refractivity contribution in [2.75, 3.05) is 7.11 Å². The molecule has 2 N–H and O–H groups in total. The number of pyridine rings is 1. The van der Waals surface area contributed by atoms with E-state index in [4.69, 9.17) is 10.6 Å². The number of primary amides is 1. The molecule has 3 aromatic rings. The summed E-state index contributed by atoms with van der Waals surface area (Å²) < 4.78 is 39.8. The summed E-state index contributed by atoms with van der Waals surface area (Å²) in [7, 11) is 1.27. The predicted molar refractivity (Wildman–Crippen MR) is 79.0 cm³/mol. The van der Waals surface area contributed by atoms with Gasteiger partial charge in [0.05, 0.1) is 5.52 Å². The van der Waals surface area contributed by atoms with E-state index in [1.165, 1.54) is 31.4 Å². The van der Waals surface area contributed by atoms with Crippen molar-refractivity contribution in [3.05, 3.63) is 47.9 Å². The van der Waals surface area contributed by atoms with Crippen LogP contribution in [0, 0.1) is 0 Å². The number of aromatic nitrogens is 3. The number of hydrogen-bond donors (Lipinski definition) is 1. The lowest BCUT2D eigenvalue weighted by molar-refractivity contribution is -0.140. The second kappa shape index (κ2) is 5.52. The van der Waals surface area contributed by atoms with Crippen LogP contribution in [0.5, 0.6) is 0 Å². The standard InChI is InChI=1S/C15H11F3N4O2/c1-24-22-12(14(19)23)11-8(4-2-6-10(11)21-22)9-5-3-7-20-13(9)15(16,17)18/h2-7H,1H3,(H2,19,23). The van der Waals surface area contributed by atoms with Gasteiger partial charge in [0.25, 0.3) is 5.91 Å². The summed E-state index contributed by atoms with van der Waals surface area (Å²) in [5, 5.41) is 4.19. The SMILES string of the molecule is COn1nc2cccc(-c3cccnc3C(F)(F)F)c2c1C(N)=O. The Bertz CT molecular complexity index is 934. The van der Waals surface area contributed by atoms with Gasteiger partial charge in [-0.15, -0.1) is 5.10 Å². The summed E-state index contributed by atoms with van der Waals surface area (Å²) in [5.41, 5.74) is 4.41. The van der Waals surface area contributed by atoms with Crippen molar-refractivity contribution in [3.8, 4) is 11.1 Å². The molecule has 9 heteroatoms. The quantitative estimate of drug-likeness (QED) is 0.795. The summed E-state index contributed by atoms with van der Waals surface area (Å²) in [6, 6.07) is 7.18. The zero-order valence-corrected chi connectivity index (χ0v) is 12.3. The molecule has 124 valence electrons. The van der Waals surface area contributed by atoms with Crippen LogP contribution in [-0.2, 0) is 6.18 Å². The maximum Gasteiger partial charge on any atom is 0.433 e. The number of halogens is 3. The second-order valence-corrected chi connectivity index (χ2v) is 4.87. The van der Waals surface area contributed by atoms with Gasteiger partial charge in [0.1, 0.15) is 7.11 Å². The molecule has 0 saturated carbocycles. The van der Waals surface area contributed by atoms with Crippen LogP contribution < -0.4 is 10.6 Å². The number of carbonyl (C=O) groups excluding carboxylic acids is 1. The molecule has 1 amide bonds. The molecule has 2 aromatic heterocycles. The van der Waals surface area contributed by atoms with Crippen LogP contribution in [-0.4, -0.2) is 27.9 Å². The van der Waals surface area contributed by atoms with Crippen LogP contribution in [0.4, 0.5) is 13.2 Å². The zero-order chi connectivity index (χ0) is 17.5. The fraction of sp³-hybridized carbons (Fsp3) is 0.133. The molecule has 0 aliphatic carbocycles. The fourth-order valence-electron chi connectivity index (χ4n) is 2.54. The number of amides is 1. The van der Waals surface area contributed by atoms with E-state index in [2.05, 4.69) is 10.1 Å². The highest BCUT2D eigenvalue weighted by atomic mass is 19.4. The highest BCUT2D eigenvalue weighted by Gasteiger charge is 2.36. The minimum absolute atomic E-state index is 0.139. The van der Waals surface area contributed by atoms with E-state index in [9.17, 15) is 18.0 Å². The first kappa shape index (κ1) is 15.8. The summed E-state index contributed by atoms with van der Waals surface area (Å²) >= 11 is 0. The van der Waals surface area contributed by atoms with Gasteiger partial charge in [-0.3, -0.25) is 9.78 Å². The van der Waals surface area contributed by atoms with E-state index < -0.39 is 17.8 Å². The maximum absolute atomic E-state index is 13.3. The lowest BCUT2D eigenvalue weighted by Crippen LogP contribution is -2.21. The molecule has 0 aliphatic heterocycles. The Morgan fingerprint density at radius 2 is 1.92 bits per heavy atom. The predicted octanol–water partition coefficient (Wildman–Crippen LogP) is 2.27. The summed E-state index contributed by atoms with van der Waals surface area (Å²) in [4.78, 5) is 21.0. The molecule has 24 heavy (non-hydrogen) atoms. The molecular formula is C15H11F3N4O2. The average molecular weight is 336 g/mol. The number of carbonyl (C=O) groups is 1. The summed E-state index contributed by atoms with van der Waals surface area (Å²) in [6.45, 7) is 0. The largest absolute Gasteiger partial charge is 0.433 e. The van der Waals surface area contributed by atoms with Gasteiger partial charge in [-0.05, 0) is 17.7 Å². The van der Waals surface area contributed by atoms with Crippen molar-refractivity contribution in [1.82, 2.24) is 14.9 Å². The van der Waals surface area contributed by atoms with Gasteiger partial charge in [0.15, 0.2) is 11.4 Å². The van der Waals surface area contributed by atoms with Gasteiger partial charge >= 0.3 is 6.18 Å². The minimum atomic E-state index is -4.65. The first-order valence-electron chi connectivity index (χ1n) is 6.73. The number of nitrogens with two attached hydrogens (primary N) is 1. The number of rotatable bonds is 3. The molecule has 1 aromatic carbocycles. The van der Waals surface area contributed by atoms with Gasteiger partial charge in [0, 0.05) is 17.1 Å². The molecule has 0 saturated heterocycles. The number of benzene rings is 1. The maximum atomic E-state index is 13.3. The van der Waals surface area contributed by atoms with Gasteiger partial charge in [-0.25, -0.2) is 0 Å². The van der Waals surface area contributed by atoms with Crippen molar-refractivity contribution in [3.63, 3.8) is 0 Å². The van der Waals surface area contributed by atoms with Crippen LogP contribution in [0.2, 0.25) is 0 Å². The van der Waals surface area contributed by atoms with Gasteiger partial charge in [0.2, 0.25) is 0 Å². The highest BCUT2D eigenvalue weighted by Crippen LogP contribution is 2.38. The number of fused-ring (bicyclic) bond motifs is 1. The molecule has 0 unspecified atom stereocenters. The third-order valence-corrected chi connectivity index (χ3v) is 3.44. The van der Waals surface area contributed by atoms with Crippen molar-refractivity contribution in [1.29, 1.82) is 0 Å². The molecule has 0 aliphatic rings. The Balaban J connectivity index is 2.41. The van der Waals surface area contributed by atoms with Crippen molar-refractivity contribution >= 4 is 16.8 Å². The molecule has 6 nitrogen and oxygen atoms in total. The molecule has 0 bridgehead atoms. The molecule has 0 radical (unpaired) electrons. The summed E-state index contributed by atoms with van der Waals surface area (Å²) in [6.07, 6.45) is -3.59. The molecule has 3 rings (SSSR count). The topological polar surface area (TPSA) is 83.0 Å². The van der Waals surface area contributed by atoms with Crippen LogP contribution in [0.25, 0.3) is 22.0 Å². The van der Waals surface area contributed by atoms with Crippen molar-refractivity contribution < 1.29 is 22.8 Å². The van der Waals surface area contributed by atoms with Crippen LogP contribution in [0.1, 0.15) is 16.2 Å². The first-order chi connectivity index (χ1) is 11.3. The van der Waals surface area contributed by atoms with Gasteiger partial charge < -0.3 is 10.6 Å². The van der Waals surface area contributed by atoms with Gasteiger partial charge in [-0.1, -0.05) is 23.0 Å². The Hall–Kier alpha value is -3.10. The number of alkyl halides is 3. The third-order valence-electron chi connectivity index (χ3n) is 3.44. The van der Waals surface area contributed by atoms with Crippen LogP contribution >= 0.6 is 0 Å². The smallest absolute Gasteiger partial charge is 0.399 e. The van der Waals surface area contributed by atoms with Gasteiger partial charge in [-0.2, -0.15) is 13.2 Å². The third kappa shape index (κ3) is 2.43. The zero-order valence-electron chi connectivity index (χ0n) is 12.3. The molecule has 0 spiro atoms. The Morgan fingerprint density at radius 1 is 1.21 bits per heavy atom. The van der Waals surface area contributed by atoms with Crippen LogP contribution in [0.3, 0.4) is 0 Å². The summed E-state index contributed by atoms with van der Waals surface area (Å²) in [5.74, 6) is -0.871. The molecule has 0 atom stereocenters. The van der Waals surface area contributed by atoms with E-state index in [1.54, 1.807) is 6.07 Å². The lowest BCUT2D eigenvalue weighted by atomic mass is 9.98. The second-order valence-electron chi connectivity index (χ2n) is 4.87. The Kier molecular flexibility index (Phi) is 3.63. The Labute approximate surface area is 133 Å². The molecular weight excluding hydrogens is 325 g/mol. The van der Waals surface area contributed by atoms with E-state index in [0.29, 0.717) is 0 Å². The molecule has 2 heterocycles. The average Bonchev–Trinajstić information content (AvgIpc) is 2.92. The molecule has 0 fully saturated rings. The number of hydrogen-bond acceptors (Lipinski definition) is 4. The Morgan fingerprint density at radius 3 is 2.54 bits per heavy atom. The monoisotopic (exact) mass is 336 g/mol. The minimum Gasteiger partial charge on any atom is -0.399 e. The lowest BCUT2D eigenvalue weighted by Gasteiger charge is -2.12. The number of nitrogens with zero attached hydrogens (tertiary/aromatic N) is 3. The fourth-order valence-corrected chi connectivity index (χ4v) is 2.54. The van der Waals surface area contributed by atoms with Crippen molar-refractivity contribution in [2.45, 2.75) is 6.18 Å². The highest BCUT2D eigenvalue weighted by molar-refractivity contribution is 6.10. The van der Waals surface area contributed by atoms with E-state index in [-0.39, 0.29) is 27.7 Å². The normalized spacial score (nSPS) is 11.7. The van der Waals surface area contributed by atoms with E-state index >= 15 is 0 Å².